The third-order valence-corrected chi connectivity index (χ3v) is 6.62. The molecule has 1 aliphatic heterocycles. The topological polar surface area (TPSA) is 118 Å². The predicted octanol–water partition coefficient (Wildman–Crippen LogP) is 5.61. The van der Waals surface area contributed by atoms with Crippen molar-refractivity contribution in [3.8, 4) is 23.3 Å². The molecule has 0 saturated carbocycles. The molecule has 3 aromatic carbocycles. The van der Waals surface area contributed by atoms with Crippen molar-refractivity contribution < 1.29 is 28.6 Å². The summed E-state index contributed by atoms with van der Waals surface area (Å²) in [6, 6.07) is 21.3. The summed E-state index contributed by atoms with van der Waals surface area (Å²) in [7, 11) is 0. The molecule has 0 unspecified atom stereocenters. The van der Waals surface area contributed by atoms with Gasteiger partial charge in [0, 0.05) is 11.3 Å². The van der Waals surface area contributed by atoms with Crippen LogP contribution in [0.2, 0.25) is 0 Å². The quantitative estimate of drug-likeness (QED) is 0.302. The zero-order valence-electron chi connectivity index (χ0n) is 22.0. The maximum Gasteiger partial charge on any atom is 0.294 e. The molecule has 1 saturated heterocycles. The van der Waals surface area contributed by atoms with Crippen LogP contribution >= 0.6 is 11.8 Å². The third kappa shape index (κ3) is 7.01. The monoisotopic (exact) mass is 557 g/mol. The molecule has 0 spiro atoms. The fourth-order valence-electron chi connectivity index (χ4n) is 3.85. The van der Waals surface area contributed by atoms with E-state index in [1.54, 1.807) is 60.7 Å². The van der Waals surface area contributed by atoms with Crippen LogP contribution in [0.3, 0.4) is 0 Å². The van der Waals surface area contributed by atoms with E-state index in [0.29, 0.717) is 47.3 Å². The zero-order valence-corrected chi connectivity index (χ0v) is 22.8. The van der Waals surface area contributed by atoms with Gasteiger partial charge in [0.15, 0.2) is 11.5 Å². The van der Waals surface area contributed by atoms with E-state index in [4.69, 9.17) is 14.2 Å². The van der Waals surface area contributed by atoms with E-state index in [0.717, 1.165) is 22.2 Å². The van der Waals surface area contributed by atoms with Crippen molar-refractivity contribution in [3.63, 3.8) is 0 Å². The van der Waals surface area contributed by atoms with Gasteiger partial charge in [-0.05, 0) is 79.7 Å². The number of carbonyl (C=O) groups is 3. The first-order valence-corrected chi connectivity index (χ1v) is 13.4. The number of nitrogens with zero attached hydrogens (tertiary/aromatic N) is 2. The van der Waals surface area contributed by atoms with E-state index < -0.39 is 23.6 Å². The number of rotatable bonds is 11. The number of amides is 3. The van der Waals surface area contributed by atoms with Gasteiger partial charge in [0.05, 0.1) is 29.8 Å². The molecule has 0 atom stereocenters. The van der Waals surface area contributed by atoms with Crippen molar-refractivity contribution in [1.29, 1.82) is 5.26 Å². The van der Waals surface area contributed by atoms with Crippen molar-refractivity contribution in [3.05, 3.63) is 88.3 Å². The molecular formula is C30H27N3O6S. The van der Waals surface area contributed by atoms with Gasteiger partial charge < -0.3 is 19.5 Å². The molecule has 0 aliphatic carbocycles. The van der Waals surface area contributed by atoms with Gasteiger partial charge in [-0.25, -0.2) is 0 Å². The van der Waals surface area contributed by atoms with Gasteiger partial charge in [-0.15, -0.1) is 0 Å². The number of thioether (sulfide) groups is 1. The van der Waals surface area contributed by atoms with Crippen LogP contribution in [-0.4, -0.2) is 41.7 Å². The van der Waals surface area contributed by atoms with E-state index in [1.807, 2.05) is 26.0 Å². The molecule has 0 bridgehead atoms. The number of hydrogen-bond acceptors (Lipinski definition) is 8. The van der Waals surface area contributed by atoms with E-state index in [9.17, 15) is 19.6 Å². The third-order valence-electron chi connectivity index (χ3n) is 5.71. The van der Waals surface area contributed by atoms with Crippen LogP contribution < -0.4 is 19.5 Å². The van der Waals surface area contributed by atoms with Crippen molar-refractivity contribution in [2.75, 3.05) is 25.1 Å². The zero-order chi connectivity index (χ0) is 28.5. The molecule has 4 rings (SSSR count). The van der Waals surface area contributed by atoms with Gasteiger partial charge in [0.2, 0.25) is 5.91 Å². The summed E-state index contributed by atoms with van der Waals surface area (Å²) < 4.78 is 17.0. The van der Waals surface area contributed by atoms with Gasteiger partial charge in [-0.3, -0.25) is 19.3 Å². The molecule has 3 amide bonds. The molecule has 3 aromatic rings. The van der Waals surface area contributed by atoms with Crippen LogP contribution in [0.4, 0.5) is 10.5 Å². The van der Waals surface area contributed by atoms with Crippen LogP contribution in [0.25, 0.3) is 6.08 Å². The van der Waals surface area contributed by atoms with Crippen molar-refractivity contribution in [1.82, 2.24) is 4.90 Å². The van der Waals surface area contributed by atoms with Gasteiger partial charge >= 0.3 is 0 Å². The van der Waals surface area contributed by atoms with Gasteiger partial charge in [-0.2, -0.15) is 5.26 Å². The van der Waals surface area contributed by atoms with Crippen molar-refractivity contribution in [2.45, 2.75) is 20.5 Å². The van der Waals surface area contributed by atoms with E-state index in [1.165, 1.54) is 0 Å². The highest BCUT2D eigenvalue weighted by Crippen LogP contribution is 2.35. The summed E-state index contributed by atoms with van der Waals surface area (Å²) in [5.41, 5.74) is 2.42. The SMILES string of the molecule is CCOc1ccc(NC(=O)CN2C(=O)S/C(=C/c3ccc(OCc4ccccc4C#N)c(OCC)c3)C2=O)cc1. The number of anilines is 1. The Hall–Kier alpha value is -4.75. The first-order chi connectivity index (χ1) is 19.4. The molecule has 1 fully saturated rings. The largest absolute Gasteiger partial charge is 0.494 e. The van der Waals surface area contributed by atoms with Crippen molar-refractivity contribution >= 4 is 40.6 Å². The normalized spacial score (nSPS) is 13.7. The van der Waals surface area contributed by atoms with E-state index >= 15 is 0 Å². The molecule has 204 valence electrons. The Bertz CT molecular complexity index is 1480. The summed E-state index contributed by atoms with van der Waals surface area (Å²) in [6.45, 7) is 4.40. The summed E-state index contributed by atoms with van der Waals surface area (Å²) >= 11 is 0.767. The minimum absolute atomic E-state index is 0.181. The Morgan fingerprint density at radius 2 is 1.73 bits per heavy atom. The highest BCUT2D eigenvalue weighted by Gasteiger charge is 2.36. The second-order valence-corrected chi connectivity index (χ2v) is 9.46. The molecule has 1 N–H and O–H groups in total. The molecule has 10 heteroatoms. The minimum Gasteiger partial charge on any atom is -0.494 e. The first-order valence-electron chi connectivity index (χ1n) is 12.6. The fourth-order valence-corrected chi connectivity index (χ4v) is 4.68. The summed E-state index contributed by atoms with van der Waals surface area (Å²) in [6.07, 6.45) is 1.58. The Morgan fingerprint density at radius 1 is 0.975 bits per heavy atom. The average Bonchev–Trinajstić information content (AvgIpc) is 3.21. The van der Waals surface area contributed by atoms with Gasteiger partial charge in [0.25, 0.3) is 11.1 Å². The number of carbonyl (C=O) groups excluding carboxylic acids is 3. The van der Waals surface area contributed by atoms with Gasteiger partial charge in [0.1, 0.15) is 18.9 Å². The lowest BCUT2D eigenvalue weighted by molar-refractivity contribution is -0.127. The summed E-state index contributed by atoms with van der Waals surface area (Å²) in [5.74, 6) is 0.563. The fraction of sp³-hybridized carbons (Fsp3) is 0.200. The van der Waals surface area contributed by atoms with Gasteiger partial charge in [-0.1, -0.05) is 24.3 Å². The predicted molar refractivity (Wildman–Crippen MR) is 152 cm³/mol. The molecule has 9 nitrogen and oxygen atoms in total. The minimum atomic E-state index is -0.553. The van der Waals surface area contributed by atoms with E-state index in [-0.39, 0.29) is 11.5 Å². The highest BCUT2D eigenvalue weighted by molar-refractivity contribution is 8.18. The highest BCUT2D eigenvalue weighted by atomic mass is 32.2. The van der Waals surface area contributed by atoms with Crippen LogP contribution in [0.1, 0.15) is 30.5 Å². The molecule has 0 aromatic heterocycles. The van der Waals surface area contributed by atoms with E-state index in [2.05, 4.69) is 11.4 Å². The second kappa shape index (κ2) is 13.4. The molecule has 1 heterocycles. The Kier molecular flexibility index (Phi) is 9.44. The lowest BCUT2D eigenvalue weighted by Crippen LogP contribution is -2.36. The number of hydrogen-bond donors (Lipinski definition) is 1. The number of ether oxygens (including phenoxy) is 3. The summed E-state index contributed by atoms with van der Waals surface area (Å²) in [5, 5.41) is 11.5. The molecular weight excluding hydrogens is 530 g/mol. The maximum absolute atomic E-state index is 13.0. The van der Waals surface area contributed by atoms with Crippen LogP contribution in [0.15, 0.2) is 71.6 Å². The first kappa shape index (κ1) is 28.3. The number of benzene rings is 3. The Morgan fingerprint density at radius 3 is 2.45 bits per heavy atom. The smallest absolute Gasteiger partial charge is 0.294 e. The van der Waals surface area contributed by atoms with Crippen LogP contribution in [0, 0.1) is 11.3 Å². The number of nitriles is 1. The Labute approximate surface area is 236 Å². The number of imide groups is 1. The maximum atomic E-state index is 13.0. The average molecular weight is 558 g/mol. The second-order valence-electron chi connectivity index (χ2n) is 8.47. The summed E-state index contributed by atoms with van der Waals surface area (Å²) in [4.78, 5) is 39.1. The molecule has 1 aliphatic rings. The van der Waals surface area contributed by atoms with Crippen LogP contribution in [0.5, 0.6) is 17.2 Å². The lowest BCUT2D eigenvalue weighted by Gasteiger charge is -2.14. The number of nitrogens with one attached hydrogen (secondary N) is 1. The molecule has 0 radical (unpaired) electrons. The lowest BCUT2D eigenvalue weighted by atomic mass is 10.1. The van der Waals surface area contributed by atoms with Crippen LogP contribution in [-0.2, 0) is 16.2 Å². The Balaban J connectivity index is 1.43. The molecule has 40 heavy (non-hydrogen) atoms. The van der Waals surface area contributed by atoms with Crippen molar-refractivity contribution in [2.24, 2.45) is 0 Å². The standard InChI is InChI=1S/C30H27N3O6S/c1-3-37-24-12-10-23(11-13-24)32-28(34)18-33-29(35)27(40-30(33)36)16-20-9-14-25(26(15-20)38-4-2)39-19-22-8-6-5-7-21(22)17-31/h5-16H,3-4,18-19H2,1-2H3,(H,32,34)/b27-16+.